The highest BCUT2D eigenvalue weighted by Crippen LogP contribution is 2.74. The van der Waals surface area contributed by atoms with E-state index >= 15 is 0 Å². The summed E-state index contributed by atoms with van der Waals surface area (Å²) >= 11 is 0. The molecule has 37 heavy (non-hydrogen) atoms. The molecular weight excluding hydrogens is 466 g/mol. The van der Waals surface area contributed by atoms with E-state index in [9.17, 15) is 19.5 Å². The molecule has 2 amide bonds. The van der Waals surface area contributed by atoms with E-state index in [1.807, 2.05) is 6.92 Å². The van der Waals surface area contributed by atoms with Gasteiger partial charge in [-0.1, -0.05) is 38.8 Å². The molecule has 1 heterocycles. The van der Waals surface area contributed by atoms with Gasteiger partial charge in [0, 0.05) is 5.41 Å². The van der Waals surface area contributed by atoms with Crippen molar-refractivity contribution in [1.82, 2.24) is 0 Å². The number of carbonyl (C=O) groups excluding carboxylic acids is 2. The summed E-state index contributed by atoms with van der Waals surface area (Å²) in [5, 5.41) is 10.3. The summed E-state index contributed by atoms with van der Waals surface area (Å²) in [6, 6.07) is 7.20. The molecule has 6 aliphatic rings. The molecule has 1 aromatic carbocycles. The zero-order chi connectivity index (χ0) is 26.5. The Balaban J connectivity index is 1.47. The van der Waals surface area contributed by atoms with E-state index in [4.69, 9.17) is 4.74 Å². The Morgan fingerprint density at radius 2 is 1.76 bits per heavy atom. The van der Waals surface area contributed by atoms with E-state index in [1.165, 1.54) is 10.5 Å². The summed E-state index contributed by atoms with van der Waals surface area (Å²) in [4.78, 5) is 42.3. The van der Waals surface area contributed by atoms with Crippen LogP contribution in [0.1, 0.15) is 66.2 Å². The lowest BCUT2D eigenvalue weighted by molar-refractivity contribution is -0.194. The fourth-order valence-corrected chi connectivity index (χ4v) is 9.94. The van der Waals surface area contributed by atoms with Crippen LogP contribution in [0.15, 0.2) is 35.9 Å². The summed E-state index contributed by atoms with van der Waals surface area (Å²) in [6.45, 7) is 8.66. The molecule has 5 aliphatic carbocycles. The van der Waals surface area contributed by atoms with Gasteiger partial charge in [-0.25, -0.2) is 0 Å². The van der Waals surface area contributed by atoms with Crippen molar-refractivity contribution >= 4 is 23.5 Å². The lowest BCUT2D eigenvalue weighted by Crippen LogP contribution is -2.65. The van der Waals surface area contributed by atoms with E-state index in [1.54, 1.807) is 31.4 Å². The number of hydrogen-bond donors (Lipinski definition) is 1. The quantitative estimate of drug-likeness (QED) is 0.419. The van der Waals surface area contributed by atoms with Gasteiger partial charge in [0.25, 0.3) is 0 Å². The van der Waals surface area contributed by atoms with Crippen LogP contribution in [0.4, 0.5) is 5.69 Å². The van der Waals surface area contributed by atoms with Crippen molar-refractivity contribution in [2.45, 2.75) is 66.2 Å². The lowest BCUT2D eigenvalue weighted by Gasteiger charge is -2.68. The number of methoxy groups -OCH3 is 1. The van der Waals surface area contributed by atoms with Crippen LogP contribution in [0.25, 0.3) is 0 Å². The molecular formula is C31H39NO5. The zero-order valence-electron chi connectivity index (χ0n) is 22.6. The first-order chi connectivity index (χ1) is 17.5. The number of carboxylic acids is 1. The number of fused-ring (bicyclic) bond motifs is 1. The van der Waals surface area contributed by atoms with Gasteiger partial charge in [0.2, 0.25) is 11.8 Å². The molecule has 8 atom stereocenters. The highest BCUT2D eigenvalue weighted by atomic mass is 16.5. The van der Waals surface area contributed by atoms with Crippen molar-refractivity contribution in [1.29, 1.82) is 0 Å². The largest absolute Gasteiger partial charge is 0.497 e. The molecule has 198 valence electrons. The smallest absolute Gasteiger partial charge is 0.309 e. The Labute approximate surface area is 219 Å². The second-order valence-electron chi connectivity index (χ2n) is 13.2. The molecule has 1 aromatic rings. The van der Waals surface area contributed by atoms with Gasteiger partial charge in [-0.3, -0.25) is 19.3 Å². The second kappa shape index (κ2) is 7.94. The second-order valence-corrected chi connectivity index (χ2v) is 13.2. The minimum absolute atomic E-state index is 0.0326. The van der Waals surface area contributed by atoms with Crippen molar-refractivity contribution in [2.75, 3.05) is 12.0 Å². The summed E-state index contributed by atoms with van der Waals surface area (Å²) < 4.78 is 5.29. The van der Waals surface area contributed by atoms with Gasteiger partial charge < -0.3 is 9.84 Å². The maximum absolute atomic E-state index is 14.3. The van der Waals surface area contributed by atoms with E-state index < -0.39 is 16.8 Å². The number of anilines is 1. The number of nitrogens with zero attached hydrogens (tertiary/aromatic N) is 1. The number of carboxylic acid groups (broad SMARTS) is 1. The van der Waals surface area contributed by atoms with Gasteiger partial charge in [0.05, 0.1) is 30.0 Å². The minimum Gasteiger partial charge on any atom is -0.497 e. The summed E-state index contributed by atoms with van der Waals surface area (Å²) in [7, 11) is 1.60. The Morgan fingerprint density at radius 1 is 1.05 bits per heavy atom. The van der Waals surface area contributed by atoms with Gasteiger partial charge in [-0.2, -0.15) is 0 Å². The van der Waals surface area contributed by atoms with E-state index in [0.29, 0.717) is 23.8 Å². The maximum atomic E-state index is 14.3. The number of allylic oxidation sites excluding steroid dienone is 2. The molecule has 3 saturated carbocycles. The molecule has 1 aliphatic heterocycles. The van der Waals surface area contributed by atoms with Crippen molar-refractivity contribution in [3.05, 3.63) is 35.9 Å². The van der Waals surface area contributed by atoms with Gasteiger partial charge >= 0.3 is 5.97 Å². The number of hydrogen-bond acceptors (Lipinski definition) is 4. The topological polar surface area (TPSA) is 83.9 Å². The average Bonchev–Trinajstić information content (AvgIpc) is 3.15. The predicted octanol–water partition coefficient (Wildman–Crippen LogP) is 5.71. The van der Waals surface area contributed by atoms with Crippen LogP contribution in [-0.2, 0) is 14.4 Å². The molecule has 6 nitrogen and oxygen atoms in total. The molecule has 6 heteroatoms. The summed E-state index contributed by atoms with van der Waals surface area (Å²) in [6.07, 6.45) is 7.47. The van der Waals surface area contributed by atoms with Crippen molar-refractivity contribution in [2.24, 2.45) is 51.8 Å². The highest BCUT2D eigenvalue weighted by Gasteiger charge is 2.73. The fraction of sp³-hybridized carbons (Fsp3) is 0.645. The number of ether oxygens (including phenoxy) is 1. The summed E-state index contributed by atoms with van der Waals surface area (Å²) in [5.41, 5.74) is 0.645. The minimum atomic E-state index is -0.736. The zero-order valence-corrected chi connectivity index (χ0v) is 22.6. The number of aliphatic carboxylic acids is 1. The lowest BCUT2D eigenvalue weighted by atomic mass is 9.34. The van der Waals surface area contributed by atoms with Crippen LogP contribution in [0.2, 0.25) is 0 Å². The first kappa shape index (κ1) is 24.7. The summed E-state index contributed by atoms with van der Waals surface area (Å²) in [5.74, 6) is -0.213. The van der Waals surface area contributed by atoms with Crippen LogP contribution in [-0.4, -0.2) is 30.0 Å². The molecule has 2 bridgehead atoms. The van der Waals surface area contributed by atoms with E-state index in [2.05, 4.69) is 26.8 Å². The Bertz CT molecular complexity index is 1200. The van der Waals surface area contributed by atoms with Gasteiger partial charge in [0.1, 0.15) is 5.75 Å². The Morgan fingerprint density at radius 3 is 2.38 bits per heavy atom. The van der Waals surface area contributed by atoms with Crippen molar-refractivity contribution in [3.8, 4) is 5.75 Å². The van der Waals surface area contributed by atoms with Gasteiger partial charge in [-0.15, -0.1) is 0 Å². The number of benzene rings is 1. The first-order valence-electron chi connectivity index (χ1n) is 14.0. The normalized spacial score (nSPS) is 42.3. The third-order valence-corrected chi connectivity index (χ3v) is 11.5. The number of rotatable bonds is 4. The molecule has 7 rings (SSSR count). The van der Waals surface area contributed by atoms with Crippen molar-refractivity contribution < 1.29 is 24.2 Å². The number of imide groups is 1. The van der Waals surface area contributed by atoms with E-state index in [-0.39, 0.29) is 46.8 Å². The molecule has 4 fully saturated rings. The third-order valence-electron chi connectivity index (χ3n) is 11.5. The van der Waals surface area contributed by atoms with Crippen LogP contribution < -0.4 is 9.64 Å². The molecule has 1 N–H and O–H groups in total. The maximum Gasteiger partial charge on any atom is 0.309 e. The van der Waals surface area contributed by atoms with Gasteiger partial charge in [0.15, 0.2) is 0 Å². The van der Waals surface area contributed by atoms with Crippen LogP contribution >= 0.6 is 0 Å². The van der Waals surface area contributed by atoms with Crippen LogP contribution in [0.5, 0.6) is 5.75 Å². The van der Waals surface area contributed by atoms with E-state index in [0.717, 1.165) is 32.1 Å². The van der Waals surface area contributed by atoms with Crippen molar-refractivity contribution in [3.63, 3.8) is 0 Å². The number of amides is 2. The van der Waals surface area contributed by atoms with Gasteiger partial charge in [-0.05, 0) is 92.4 Å². The Kier molecular flexibility index (Phi) is 5.30. The van der Waals surface area contributed by atoms with Crippen LogP contribution in [0.3, 0.4) is 0 Å². The Hall–Kier alpha value is -2.63. The molecule has 0 aromatic heterocycles. The monoisotopic (exact) mass is 505 g/mol. The molecule has 0 radical (unpaired) electrons. The molecule has 1 saturated heterocycles. The highest BCUT2D eigenvalue weighted by molar-refractivity contribution is 6.23. The SMILES string of the molecule is COc1ccc(N2C(=O)[C@H]3[C@@H](C2=O)[C@@]24C=C(C(C)C)[C@@H]3C[C@H]2[C@@]2(C)CCC[C@@](C)(C(=O)O)[C@H]2CC4)cc1. The third kappa shape index (κ3) is 3.01. The molecule has 0 unspecified atom stereocenters. The predicted molar refractivity (Wildman–Crippen MR) is 140 cm³/mol. The standard InChI is InChI=1S/C31H39NO5/c1-17(2)21-16-31-14-11-22-29(3,12-6-13-30(22,4)28(35)36)23(31)15-20(21)24-25(31)27(34)32(26(24)33)18-7-9-19(37-5)10-8-18/h7-10,16-17,20,22-25H,6,11-15H2,1-5H3,(H,35,36)/t20-,22-,23-,24+,25-,29-,30+,31-/m0/s1. The first-order valence-corrected chi connectivity index (χ1v) is 14.0. The fourth-order valence-electron chi connectivity index (χ4n) is 9.94. The number of carbonyl (C=O) groups is 3. The van der Waals surface area contributed by atoms with Crippen LogP contribution in [0, 0.1) is 51.8 Å². The molecule has 1 spiro atoms. The average molecular weight is 506 g/mol.